The van der Waals surface area contributed by atoms with Crippen LogP contribution in [0.3, 0.4) is 0 Å². The van der Waals surface area contributed by atoms with Crippen molar-refractivity contribution in [1.82, 2.24) is 4.98 Å². The summed E-state index contributed by atoms with van der Waals surface area (Å²) in [5, 5.41) is 25.3. The van der Waals surface area contributed by atoms with Crippen LogP contribution in [0.1, 0.15) is 5.56 Å². The first kappa shape index (κ1) is 17.8. The summed E-state index contributed by atoms with van der Waals surface area (Å²) in [7, 11) is 0. The number of nitrogens with zero attached hydrogens (tertiary/aromatic N) is 2. The number of fused-ring (bicyclic) bond motifs is 1. The number of rotatable bonds is 5. The lowest BCUT2D eigenvalue weighted by atomic mass is 9.91. The molecular weight excluding hydrogens is 376 g/mol. The Kier molecular flexibility index (Phi) is 4.58. The Morgan fingerprint density at radius 1 is 1.07 bits per heavy atom. The van der Waals surface area contributed by atoms with Gasteiger partial charge in [-0.1, -0.05) is 36.4 Å². The van der Waals surface area contributed by atoms with Crippen LogP contribution < -0.4 is 5.11 Å². The first-order valence-corrected chi connectivity index (χ1v) is 9.32. The Balaban J connectivity index is 2.15. The molecule has 0 fully saturated rings. The van der Waals surface area contributed by atoms with Crippen molar-refractivity contribution in [1.29, 1.82) is 0 Å². The van der Waals surface area contributed by atoms with Gasteiger partial charge in [-0.05, 0) is 34.2 Å². The lowest BCUT2D eigenvalue weighted by molar-refractivity contribution is -0.384. The number of hydrogen-bond donors (Lipinski definition) is 0. The predicted molar refractivity (Wildman–Crippen MR) is 106 cm³/mol. The molecule has 138 valence electrons. The van der Waals surface area contributed by atoms with Crippen LogP contribution in [-0.2, 0) is 11.2 Å². The van der Waals surface area contributed by atoms with Gasteiger partial charge < -0.3 is 9.90 Å². The van der Waals surface area contributed by atoms with Crippen LogP contribution in [0.15, 0.2) is 66.0 Å². The molecule has 0 aliphatic carbocycles. The Bertz CT molecular complexity index is 1190. The van der Waals surface area contributed by atoms with Gasteiger partial charge in [-0.2, -0.15) is 0 Å². The number of pyridine rings is 1. The van der Waals surface area contributed by atoms with Crippen LogP contribution in [0.4, 0.5) is 5.69 Å². The summed E-state index contributed by atoms with van der Waals surface area (Å²) in [6, 6.07) is 17.4. The molecule has 0 unspecified atom stereocenters. The van der Waals surface area contributed by atoms with E-state index in [0.29, 0.717) is 27.7 Å². The molecule has 0 radical (unpaired) electrons. The third-order valence-corrected chi connectivity index (χ3v) is 5.29. The number of nitro benzene ring substituents is 1. The van der Waals surface area contributed by atoms with E-state index < -0.39 is 10.9 Å². The van der Waals surface area contributed by atoms with E-state index in [1.807, 2.05) is 47.8 Å². The highest BCUT2D eigenvalue weighted by molar-refractivity contribution is 7.13. The predicted octanol–water partition coefficient (Wildman–Crippen LogP) is 3.83. The summed E-state index contributed by atoms with van der Waals surface area (Å²) in [5.41, 5.74) is 2.93. The second-order valence-electron chi connectivity index (χ2n) is 6.16. The average molecular weight is 389 g/mol. The molecule has 0 aliphatic heterocycles. The Morgan fingerprint density at radius 3 is 2.50 bits per heavy atom. The standard InChI is InChI=1S/C21H14N2O4S/c24-19(25)12-16-20(13-5-2-1-3-6-13)15-11-14(23(26)27)8-9-17(15)22-21(16)18-7-4-10-28-18/h1-11H,12H2,(H,24,25)/p-1. The molecule has 0 saturated heterocycles. The zero-order chi connectivity index (χ0) is 19.7. The number of thiophene rings is 1. The van der Waals surface area contributed by atoms with E-state index in [-0.39, 0.29) is 12.1 Å². The summed E-state index contributed by atoms with van der Waals surface area (Å²) in [6.45, 7) is 0. The maximum absolute atomic E-state index is 11.5. The van der Waals surface area contributed by atoms with Crippen molar-refractivity contribution in [3.63, 3.8) is 0 Å². The summed E-state index contributed by atoms with van der Waals surface area (Å²) >= 11 is 1.45. The number of aliphatic carboxylic acids is 1. The Labute approximate surface area is 163 Å². The Morgan fingerprint density at radius 2 is 1.86 bits per heavy atom. The van der Waals surface area contributed by atoms with Crippen molar-refractivity contribution in [3.8, 4) is 21.7 Å². The van der Waals surface area contributed by atoms with Crippen molar-refractivity contribution in [2.75, 3.05) is 0 Å². The van der Waals surface area contributed by atoms with Gasteiger partial charge >= 0.3 is 0 Å². The van der Waals surface area contributed by atoms with E-state index in [2.05, 4.69) is 4.98 Å². The number of nitro groups is 1. The fraction of sp³-hybridized carbons (Fsp3) is 0.0476. The molecule has 2 heterocycles. The van der Waals surface area contributed by atoms with Crippen LogP contribution in [0.5, 0.6) is 0 Å². The van der Waals surface area contributed by atoms with Crippen LogP contribution in [-0.4, -0.2) is 15.9 Å². The van der Waals surface area contributed by atoms with E-state index in [0.717, 1.165) is 10.4 Å². The van der Waals surface area contributed by atoms with E-state index in [1.54, 1.807) is 6.07 Å². The first-order valence-electron chi connectivity index (χ1n) is 8.45. The molecule has 4 aromatic rings. The van der Waals surface area contributed by atoms with Crippen molar-refractivity contribution < 1.29 is 14.8 Å². The topological polar surface area (TPSA) is 96.2 Å². The van der Waals surface area contributed by atoms with Gasteiger partial charge in [-0.3, -0.25) is 10.1 Å². The summed E-state index contributed by atoms with van der Waals surface area (Å²) in [6.07, 6.45) is -0.344. The number of aromatic nitrogens is 1. The summed E-state index contributed by atoms with van der Waals surface area (Å²) in [5.74, 6) is -1.23. The molecule has 0 amide bonds. The van der Waals surface area contributed by atoms with E-state index in [1.165, 1.54) is 23.5 Å². The minimum Gasteiger partial charge on any atom is -0.550 e. The van der Waals surface area contributed by atoms with Crippen molar-refractivity contribution in [2.24, 2.45) is 0 Å². The van der Waals surface area contributed by atoms with Gasteiger partial charge in [0.05, 0.1) is 21.0 Å². The lowest BCUT2D eigenvalue weighted by Crippen LogP contribution is -2.25. The number of carboxylic acid groups (broad SMARTS) is 1. The van der Waals surface area contributed by atoms with Crippen molar-refractivity contribution in [2.45, 2.75) is 6.42 Å². The molecule has 28 heavy (non-hydrogen) atoms. The Hall–Kier alpha value is -3.58. The quantitative estimate of drug-likeness (QED) is 0.382. The number of carboxylic acids is 1. The van der Waals surface area contributed by atoms with Gasteiger partial charge in [0.1, 0.15) is 0 Å². The smallest absolute Gasteiger partial charge is 0.270 e. The fourth-order valence-corrected chi connectivity index (χ4v) is 4.01. The number of non-ortho nitro benzene ring substituents is 1. The number of benzene rings is 2. The van der Waals surface area contributed by atoms with Crippen molar-refractivity contribution >= 4 is 33.9 Å². The zero-order valence-corrected chi connectivity index (χ0v) is 15.3. The van der Waals surface area contributed by atoms with Crippen LogP contribution >= 0.6 is 11.3 Å². The highest BCUT2D eigenvalue weighted by Gasteiger charge is 2.20. The molecule has 0 N–H and O–H groups in total. The molecule has 2 aromatic heterocycles. The molecule has 6 nitrogen and oxygen atoms in total. The number of hydrogen-bond acceptors (Lipinski definition) is 6. The molecular formula is C21H13N2O4S-. The molecule has 0 bridgehead atoms. The summed E-state index contributed by atoms with van der Waals surface area (Å²) < 4.78 is 0. The van der Waals surface area contributed by atoms with Crippen LogP contribution in [0, 0.1) is 10.1 Å². The molecule has 0 spiro atoms. The highest BCUT2D eigenvalue weighted by atomic mass is 32.1. The third kappa shape index (κ3) is 3.23. The maximum atomic E-state index is 11.5. The fourth-order valence-electron chi connectivity index (χ4n) is 3.27. The zero-order valence-electron chi connectivity index (χ0n) is 14.5. The van der Waals surface area contributed by atoms with Gasteiger partial charge in [0, 0.05) is 29.9 Å². The van der Waals surface area contributed by atoms with Gasteiger partial charge in [0.25, 0.3) is 5.69 Å². The maximum Gasteiger partial charge on any atom is 0.270 e. The largest absolute Gasteiger partial charge is 0.550 e. The second kappa shape index (κ2) is 7.21. The van der Waals surface area contributed by atoms with Gasteiger partial charge in [0.2, 0.25) is 0 Å². The van der Waals surface area contributed by atoms with Gasteiger partial charge in [-0.25, -0.2) is 4.98 Å². The number of carbonyl (C=O) groups is 1. The molecule has 4 rings (SSSR count). The second-order valence-corrected chi connectivity index (χ2v) is 7.11. The van der Waals surface area contributed by atoms with E-state index in [9.17, 15) is 20.0 Å². The average Bonchev–Trinajstić information content (AvgIpc) is 3.21. The monoisotopic (exact) mass is 389 g/mol. The van der Waals surface area contributed by atoms with Gasteiger partial charge in [-0.15, -0.1) is 11.3 Å². The SMILES string of the molecule is O=C([O-])Cc1c(-c2cccs2)nc2ccc([N+](=O)[O-])cc2c1-c1ccccc1. The van der Waals surface area contributed by atoms with Crippen LogP contribution in [0.2, 0.25) is 0 Å². The minimum atomic E-state index is -1.23. The molecule has 7 heteroatoms. The molecule has 0 aliphatic rings. The van der Waals surface area contributed by atoms with Gasteiger partial charge in [0.15, 0.2) is 0 Å². The van der Waals surface area contributed by atoms with Crippen LogP contribution in [0.25, 0.3) is 32.6 Å². The third-order valence-electron chi connectivity index (χ3n) is 4.42. The minimum absolute atomic E-state index is 0.0743. The van der Waals surface area contributed by atoms with E-state index >= 15 is 0 Å². The highest BCUT2D eigenvalue weighted by Crippen LogP contribution is 2.39. The summed E-state index contributed by atoms with van der Waals surface area (Å²) in [4.78, 5) is 27.8. The first-order chi connectivity index (χ1) is 13.5. The van der Waals surface area contributed by atoms with Crippen molar-refractivity contribution in [3.05, 3.63) is 81.7 Å². The molecule has 0 saturated carbocycles. The molecule has 0 atom stereocenters. The number of carbonyl (C=O) groups excluding carboxylic acids is 1. The van der Waals surface area contributed by atoms with E-state index in [4.69, 9.17) is 0 Å². The normalized spacial score (nSPS) is 10.9. The lowest BCUT2D eigenvalue weighted by Gasteiger charge is -2.17. The molecule has 2 aromatic carbocycles.